The highest BCUT2D eigenvalue weighted by atomic mass is 32.1. The standard InChI is InChI=1S/C14H15FN2O2S/c1-9-12(8-13(18)19)17-14(20-9)16-7-6-10-2-4-11(15)5-3-10/h2-5H,6-8H2,1H3,(H,16,17)(H,18,19). The lowest BCUT2D eigenvalue weighted by Crippen LogP contribution is -2.05. The highest BCUT2D eigenvalue weighted by molar-refractivity contribution is 7.15. The van der Waals surface area contributed by atoms with E-state index in [4.69, 9.17) is 5.11 Å². The van der Waals surface area contributed by atoms with E-state index in [-0.39, 0.29) is 12.2 Å². The molecule has 0 saturated carbocycles. The van der Waals surface area contributed by atoms with Crippen molar-refractivity contribution in [1.29, 1.82) is 0 Å². The van der Waals surface area contributed by atoms with Gasteiger partial charge >= 0.3 is 5.97 Å². The van der Waals surface area contributed by atoms with Crippen LogP contribution >= 0.6 is 11.3 Å². The predicted octanol–water partition coefficient (Wildman–Crippen LogP) is 2.87. The van der Waals surface area contributed by atoms with Crippen molar-refractivity contribution >= 4 is 22.4 Å². The van der Waals surface area contributed by atoms with Gasteiger partial charge in [-0.3, -0.25) is 4.79 Å². The lowest BCUT2D eigenvalue weighted by Gasteiger charge is -2.02. The van der Waals surface area contributed by atoms with E-state index in [1.54, 1.807) is 12.1 Å². The Kier molecular flexibility index (Phi) is 4.68. The minimum absolute atomic E-state index is 0.0536. The van der Waals surface area contributed by atoms with Crippen LogP contribution in [-0.2, 0) is 17.6 Å². The molecular weight excluding hydrogens is 279 g/mol. The molecule has 0 atom stereocenters. The molecule has 0 saturated heterocycles. The van der Waals surface area contributed by atoms with Gasteiger partial charge in [0.25, 0.3) is 0 Å². The SMILES string of the molecule is Cc1sc(NCCc2ccc(F)cc2)nc1CC(=O)O. The van der Waals surface area contributed by atoms with E-state index in [0.29, 0.717) is 12.2 Å². The Morgan fingerprint density at radius 2 is 2.10 bits per heavy atom. The molecule has 4 nitrogen and oxygen atoms in total. The molecule has 0 spiro atoms. The highest BCUT2D eigenvalue weighted by Gasteiger charge is 2.10. The van der Waals surface area contributed by atoms with Crippen LogP contribution in [0.3, 0.4) is 0 Å². The van der Waals surface area contributed by atoms with Crippen molar-refractivity contribution < 1.29 is 14.3 Å². The third-order valence-corrected chi connectivity index (χ3v) is 3.79. The van der Waals surface area contributed by atoms with Gasteiger partial charge in [-0.1, -0.05) is 12.1 Å². The largest absolute Gasteiger partial charge is 0.481 e. The Morgan fingerprint density at radius 1 is 1.40 bits per heavy atom. The summed E-state index contributed by atoms with van der Waals surface area (Å²) in [7, 11) is 0. The zero-order chi connectivity index (χ0) is 14.5. The van der Waals surface area contributed by atoms with Crippen molar-refractivity contribution in [1.82, 2.24) is 4.98 Å². The second kappa shape index (κ2) is 6.47. The summed E-state index contributed by atoms with van der Waals surface area (Å²) in [5.74, 6) is -1.12. The van der Waals surface area contributed by atoms with Gasteiger partial charge in [-0.05, 0) is 31.0 Å². The van der Waals surface area contributed by atoms with Crippen molar-refractivity contribution in [2.24, 2.45) is 0 Å². The molecule has 0 bridgehead atoms. The van der Waals surface area contributed by atoms with E-state index in [9.17, 15) is 9.18 Å². The maximum absolute atomic E-state index is 12.8. The smallest absolute Gasteiger partial charge is 0.309 e. The van der Waals surface area contributed by atoms with Gasteiger partial charge < -0.3 is 10.4 Å². The van der Waals surface area contributed by atoms with Crippen molar-refractivity contribution in [3.63, 3.8) is 0 Å². The molecule has 2 N–H and O–H groups in total. The van der Waals surface area contributed by atoms with Gasteiger partial charge in [0.05, 0.1) is 12.1 Å². The number of aryl methyl sites for hydroxylation is 1. The van der Waals surface area contributed by atoms with Gasteiger partial charge in [-0.2, -0.15) is 0 Å². The molecule has 0 aliphatic carbocycles. The number of hydrogen-bond donors (Lipinski definition) is 2. The topological polar surface area (TPSA) is 62.2 Å². The van der Waals surface area contributed by atoms with Crippen molar-refractivity contribution in [3.05, 3.63) is 46.2 Å². The van der Waals surface area contributed by atoms with Gasteiger partial charge in [0.1, 0.15) is 5.82 Å². The average molecular weight is 294 g/mol. The lowest BCUT2D eigenvalue weighted by atomic mass is 10.1. The molecule has 0 amide bonds. The van der Waals surface area contributed by atoms with Crippen molar-refractivity contribution in [2.75, 3.05) is 11.9 Å². The first kappa shape index (κ1) is 14.5. The van der Waals surface area contributed by atoms with E-state index in [2.05, 4.69) is 10.3 Å². The fraction of sp³-hybridized carbons (Fsp3) is 0.286. The molecule has 20 heavy (non-hydrogen) atoms. The molecule has 0 radical (unpaired) electrons. The Labute approximate surface area is 120 Å². The van der Waals surface area contributed by atoms with Crippen LogP contribution in [0, 0.1) is 12.7 Å². The summed E-state index contributed by atoms with van der Waals surface area (Å²) in [6.45, 7) is 2.53. The monoisotopic (exact) mass is 294 g/mol. The minimum atomic E-state index is -0.878. The summed E-state index contributed by atoms with van der Waals surface area (Å²) in [4.78, 5) is 15.8. The lowest BCUT2D eigenvalue weighted by molar-refractivity contribution is -0.136. The van der Waals surface area contributed by atoms with Crippen LogP contribution in [0.4, 0.5) is 9.52 Å². The first-order valence-corrected chi connectivity index (χ1v) is 7.02. The van der Waals surface area contributed by atoms with Crippen LogP contribution in [-0.4, -0.2) is 22.6 Å². The van der Waals surface area contributed by atoms with Crippen LogP contribution < -0.4 is 5.32 Å². The number of carboxylic acid groups (broad SMARTS) is 1. The highest BCUT2D eigenvalue weighted by Crippen LogP contribution is 2.22. The number of benzene rings is 1. The van der Waals surface area contributed by atoms with Gasteiger partial charge in [-0.15, -0.1) is 11.3 Å². The Morgan fingerprint density at radius 3 is 2.75 bits per heavy atom. The fourth-order valence-electron chi connectivity index (χ4n) is 1.78. The quantitative estimate of drug-likeness (QED) is 0.860. The Bertz CT molecular complexity index is 596. The maximum atomic E-state index is 12.8. The maximum Gasteiger partial charge on any atom is 0.309 e. The third kappa shape index (κ3) is 4.03. The summed E-state index contributed by atoms with van der Waals surface area (Å²) in [6, 6.07) is 6.38. The molecule has 0 aliphatic rings. The number of nitrogens with zero attached hydrogens (tertiary/aromatic N) is 1. The van der Waals surface area contributed by atoms with Crippen molar-refractivity contribution in [3.8, 4) is 0 Å². The molecule has 2 aromatic rings. The number of aromatic nitrogens is 1. The number of anilines is 1. The Balaban J connectivity index is 1.88. The second-order valence-electron chi connectivity index (χ2n) is 4.40. The van der Waals surface area contributed by atoms with Gasteiger partial charge in [0.2, 0.25) is 0 Å². The number of hydrogen-bond acceptors (Lipinski definition) is 4. The molecule has 1 heterocycles. The van der Waals surface area contributed by atoms with Gasteiger partial charge in [0, 0.05) is 11.4 Å². The van der Waals surface area contributed by atoms with Gasteiger partial charge in [-0.25, -0.2) is 9.37 Å². The molecular formula is C14H15FN2O2S. The summed E-state index contributed by atoms with van der Waals surface area (Å²) < 4.78 is 12.8. The number of nitrogens with one attached hydrogen (secondary N) is 1. The first-order chi connectivity index (χ1) is 9.54. The molecule has 1 aromatic heterocycles. The first-order valence-electron chi connectivity index (χ1n) is 6.21. The number of rotatable bonds is 6. The van der Waals surface area contributed by atoms with E-state index in [0.717, 1.165) is 22.0 Å². The molecule has 6 heteroatoms. The molecule has 2 rings (SSSR count). The molecule has 1 aromatic carbocycles. The predicted molar refractivity (Wildman–Crippen MR) is 76.8 cm³/mol. The minimum Gasteiger partial charge on any atom is -0.481 e. The molecule has 0 aliphatic heterocycles. The normalized spacial score (nSPS) is 10.5. The fourth-order valence-corrected chi connectivity index (χ4v) is 2.63. The Hall–Kier alpha value is -1.95. The second-order valence-corrected chi connectivity index (χ2v) is 5.60. The number of carboxylic acids is 1. The van der Waals surface area contributed by atoms with Crippen LogP contribution in [0.5, 0.6) is 0 Å². The number of aliphatic carboxylic acids is 1. The van der Waals surface area contributed by atoms with Crippen molar-refractivity contribution in [2.45, 2.75) is 19.8 Å². The summed E-state index contributed by atoms with van der Waals surface area (Å²) in [6.07, 6.45) is 0.704. The number of thiazole rings is 1. The average Bonchev–Trinajstić information content (AvgIpc) is 2.72. The van der Waals surface area contributed by atoms with Crippen LogP contribution in [0.2, 0.25) is 0 Å². The number of halogens is 1. The van der Waals surface area contributed by atoms with Gasteiger partial charge in [0.15, 0.2) is 5.13 Å². The van der Waals surface area contributed by atoms with E-state index >= 15 is 0 Å². The van der Waals surface area contributed by atoms with E-state index in [1.807, 2.05) is 6.92 Å². The summed E-state index contributed by atoms with van der Waals surface area (Å²) in [5, 5.41) is 12.6. The van der Waals surface area contributed by atoms with Crippen LogP contribution in [0.1, 0.15) is 16.1 Å². The summed E-state index contributed by atoms with van der Waals surface area (Å²) >= 11 is 1.45. The molecule has 106 valence electrons. The summed E-state index contributed by atoms with van der Waals surface area (Å²) in [5.41, 5.74) is 1.64. The molecule has 0 fully saturated rings. The third-order valence-electron chi connectivity index (χ3n) is 2.81. The zero-order valence-electron chi connectivity index (χ0n) is 11.0. The number of carbonyl (C=O) groups is 1. The zero-order valence-corrected chi connectivity index (χ0v) is 11.8. The van der Waals surface area contributed by atoms with Crippen LogP contribution in [0.25, 0.3) is 0 Å². The van der Waals surface area contributed by atoms with Crippen LogP contribution in [0.15, 0.2) is 24.3 Å². The van der Waals surface area contributed by atoms with E-state index < -0.39 is 5.97 Å². The molecule has 0 unspecified atom stereocenters. The van der Waals surface area contributed by atoms with E-state index in [1.165, 1.54) is 23.5 Å².